The van der Waals surface area contributed by atoms with Crippen molar-refractivity contribution in [1.29, 1.82) is 0 Å². The highest BCUT2D eigenvalue weighted by Crippen LogP contribution is 2.25. The third-order valence-corrected chi connectivity index (χ3v) is 4.85. The predicted molar refractivity (Wildman–Crippen MR) is 96.7 cm³/mol. The molecule has 0 radical (unpaired) electrons. The third-order valence-electron chi connectivity index (χ3n) is 3.75. The van der Waals surface area contributed by atoms with Gasteiger partial charge in [0.2, 0.25) is 0 Å². The van der Waals surface area contributed by atoms with Crippen LogP contribution in [0.1, 0.15) is 20.8 Å². The summed E-state index contributed by atoms with van der Waals surface area (Å²) in [6.07, 6.45) is 0. The van der Waals surface area contributed by atoms with Crippen LogP contribution in [-0.4, -0.2) is 18.5 Å². The van der Waals surface area contributed by atoms with Crippen LogP contribution in [0.25, 0.3) is 10.1 Å². The Hall–Kier alpha value is -2.66. The van der Waals surface area contributed by atoms with Crippen LogP contribution in [0.4, 0.5) is 5.69 Å². The van der Waals surface area contributed by atoms with E-state index in [1.54, 1.807) is 6.07 Å². The van der Waals surface area contributed by atoms with Gasteiger partial charge in [-0.05, 0) is 54.6 Å². The molecule has 0 bridgehead atoms. The Morgan fingerprint density at radius 3 is 2.58 bits per heavy atom. The maximum absolute atomic E-state index is 12.1. The molecular weight excluding hydrogens is 322 g/mol. The Morgan fingerprint density at radius 2 is 1.83 bits per heavy atom. The Bertz CT molecular complexity index is 881. The zero-order chi connectivity index (χ0) is 17.1. The fraction of sp³-hybridized carbons (Fsp3) is 0.158. The number of carbonyl (C=O) groups excluding carboxylic acids is 2. The SMILES string of the molecule is Cc1ccc(NC(=O)COC(=O)c2cc3ccccc3s2)cc1C. The van der Waals surface area contributed by atoms with Crippen molar-refractivity contribution >= 4 is 39.0 Å². The van der Waals surface area contributed by atoms with Crippen LogP contribution >= 0.6 is 11.3 Å². The van der Waals surface area contributed by atoms with Crippen molar-refractivity contribution in [3.8, 4) is 0 Å². The highest BCUT2D eigenvalue weighted by atomic mass is 32.1. The van der Waals surface area contributed by atoms with E-state index in [2.05, 4.69) is 5.32 Å². The van der Waals surface area contributed by atoms with Crippen LogP contribution in [0.5, 0.6) is 0 Å². The first-order valence-corrected chi connectivity index (χ1v) is 8.37. The summed E-state index contributed by atoms with van der Waals surface area (Å²) in [6.45, 7) is 3.68. The van der Waals surface area contributed by atoms with E-state index in [1.807, 2.05) is 56.3 Å². The number of ether oxygens (including phenoxy) is 1. The predicted octanol–water partition coefficient (Wildman–Crippen LogP) is 4.31. The van der Waals surface area contributed by atoms with Crippen molar-refractivity contribution in [1.82, 2.24) is 0 Å². The number of nitrogens with one attached hydrogen (secondary N) is 1. The molecule has 0 aliphatic rings. The van der Waals surface area contributed by atoms with E-state index < -0.39 is 5.97 Å². The van der Waals surface area contributed by atoms with Crippen molar-refractivity contribution in [2.75, 3.05) is 11.9 Å². The van der Waals surface area contributed by atoms with Crippen LogP contribution in [0.15, 0.2) is 48.5 Å². The summed E-state index contributed by atoms with van der Waals surface area (Å²) in [7, 11) is 0. The molecule has 0 fully saturated rings. The van der Waals surface area contributed by atoms with Gasteiger partial charge >= 0.3 is 5.97 Å². The van der Waals surface area contributed by atoms with Gasteiger partial charge in [0.1, 0.15) is 4.88 Å². The standard InChI is InChI=1S/C19H17NO3S/c1-12-7-8-15(9-13(12)2)20-18(21)11-23-19(22)17-10-14-5-3-4-6-16(14)24-17/h3-10H,11H2,1-2H3,(H,20,21). The zero-order valence-corrected chi connectivity index (χ0v) is 14.3. The Kier molecular flexibility index (Phi) is 4.62. The summed E-state index contributed by atoms with van der Waals surface area (Å²) in [5, 5.41) is 3.73. The molecule has 1 aromatic heterocycles. The van der Waals surface area contributed by atoms with Crippen LogP contribution in [0, 0.1) is 13.8 Å². The fourth-order valence-electron chi connectivity index (χ4n) is 2.30. The maximum Gasteiger partial charge on any atom is 0.348 e. The molecule has 0 saturated heterocycles. The molecule has 4 nitrogen and oxygen atoms in total. The smallest absolute Gasteiger partial charge is 0.348 e. The van der Waals surface area contributed by atoms with Gasteiger partial charge < -0.3 is 10.1 Å². The van der Waals surface area contributed by atoms with Gasteiger partial charge in [0.25, 0.3) is 5.91 Å². The molecule has 24 heavy (non-hydrogen) atoms. The number of amides is 1. The van der Waals surface area contributed by atoms with E-state index in [0.717, 1.165) is 21.2 Å². The second-order valence-electron chi connectivity index (χ2n) is 5.57. The number of thiophene rings is 1. The molecule has 1 amide bonds. The van der Waals surface area contributed by atoms with Gasteiger partial charge in [-0.3, -0.25) is 4.79 Å². The van der Waals surface area contributed by atoms with E-state index in [1.165, 1.54) is 11.3 Å². The summed E-state index contributed by atoms with van der Waals surface area (Å²) in [6, 6.07) is 15.2. The lowest BCUT2D eigenvalue weighted by molar-refractivity contribution is -0.119. The van der Waals surface area contributed by atoms with Gasteiger partial charge in [0.05, 0.1) is 0 Å². The molecule has 0 saturated carbocycles. The van der Waals surface area contributed by atoms with Crippen molar-refractivity contribution in [3.05, 3.63) is 64.5 Å². The van der Waals surface area contributed by atoms with Crippen molar-refractivity contribution in [2.24, 2.45) is 0 Å². The lowest BCUT2D eigenvalue weighted by Crippen LogP contribution is -2.20. The quantitative estimate of drug-likeness (QED) is 0.721. The molecule has 122 valence electrons. The minimum absolute atomic E-state index is 0.306. The van der Waals surface area contributed by atoms with Gasteiger partial charge in [0.15, 0.2) is 6.61 Å². The molecule has 1 heterocycles. The van der Waals surface area contributed by atoms with Crippen molar-refractivity contribution < 1.29 is 14.3 Å². The highest BCUT2D eigenvalue weighted by molar-refractivity contribution is 7.20. The van der Waals surface area contributed by atoms with Crippen LogP contribution in [0.2, 0.25) is 0 Å². The molecule has 5 heteroatoms. The molecule has 2 aromatic carbocycles. The van der Waals surface area contributed by atoms with E-state index in [4.69, 9.17) is 4.74 Å². The van der Waals surface area contributed by atoms with Crippen molar-refractivity contribution in [2.45, 2.75) is 13.8 Å². The Morgan fingerprint density at radius 1 is 1.04 bits per heavy atom. The maximum atomic E-state index is 12.1. The minimum Gasteiger partial charge on any atom is -0.451 e. The summed E-state index contributed by atoms with van der Waals surface area (Å²) < 4.78 is 6.12. The number of rotatable bonds is 4. The van der Waals surface area contributed by atoms with E-state index in [-0.39, 0.29) is 12.5 Å². The average molecular weight is 339 g/mol. The van der Waals surface area contributed by atoms with Gasteiger partial charge in [-0.2, -0.15) is 0 Å². The normalized spacial score (nSPS) is 10.6. The van der Waals surface area contributed by atoms with E-state index >= 15 is 0 Å². The first-order valence-electron chi connectivity index (χ1n) is 7.56. The summed E-state index contributed by atoms with van der Waals surface area (Å²) in [4.78, 5) is 24.5. The zero-order valence-electron chi connectivity index (χ0n) is 13.5. The molecule has 3 rings (SSSR count). The molecular formula is C19H17NO3S. The van der Waals surface area contributed by atoms with E-state index in [9.17, 15) is 9.59 Å². The molecule has 0 aliphatic heterocycles. The Balaban J connectivity index is 1.59. The van der Waals surface area contributed by atoms with Crippen molar-refractivity contribution in [3.63, 3.8) is 0 Å². The summed E-state index contributed by atoms with van der Waals surface area (Å²) in [5.74, 6) is -0.834. The number of esters is 1. The van der Waals surface area contributed by atoms with Gasteiger partial charge in [-0.1, -0.05) is 24.3 Å². The first kappa shape index (κ1) is 16.2. The molecule has 0 aliphatic carbocycles. The number of benzene rings is 2. The Labute approximate surface area is 144 Å². The number of hydrogen-bond acceptors (Lipinski definition) is 4. The van der Waals surface area contributed by atoms with Crippen LogP contribution in [-0.2, 0) is 9.53 Å². The van der Waals surface area contributed by atoms with Crippen LogP contribution < -0.4 is 5.32 Å². The van der Waals surface area contributed by atoms with E-state index in [0.29, 0.717) is 10.6 Å². The fourth-order valence-corrected chi connectivity index (χ4v) is 3.26. The first-order chi connectivity index (χ1) is 11.5. The topological polar surface area (TPSA) is 55.4 Å². The minimum atomic E-state index is -0.480. The second kappa shape index (κ2) is 6.84. The lowest BCUT2D eigenvalue weighted by Gasteiger charge is -2.08. The molecule has 1 N–H and O–H groups in total. The molecule has 0 atom stereocenters. The van der Waals surface area contributed by atoms with Gasteiger partial charge in [0, 0.05) is 10.4 Å². The summed E-state index contributed by atoms with van der Waals surface area (Å²) >= 11 is 1.36. The molecule has 0 spiro atoms. The number of hydrogen-bond donors (Lipinski definition) is 1. The number of fused-ring (bicyclic) bond motifs is 1. The number of carbonyl (C=O) groups is 2. The second-order valence-corrected chi connectivity index (χ2v) is 6.66. The average Bonchev–Trinajstić information content (AvgIpc) is 3.00. The monoisotopic (exact) mass is 339 g/mol. The summed E-state index contributed by atoms with van der Waals surface area (Å²) in [5.41, 5.74) is 2.94. The number of aryl methyl sites for hydroxylation is 2. The van der Waals surface area contributed by atoms with Crippen LogP contribution in [0.3, 0.4) is 0 Å². The highest BCUT2D eigenvalue weighted by Gasteiger charge is 2.13. The third kappa shape index (κ3) is 3.63. The largest absolute Gasteiger partial charge is 0.451 e. The number of anilines is 1. The van der Waals surface area contributed by atoms with Gasteiger partial charge in [-0.15, -0.1) is 11.3 Å². The molecule has 3 aromatic rings. The lowest BCUT2D eigenvalue weighted by atomic mass is 10.1. The van der Waals surface area contributed by atoms with Gasteiger partial charge in [-0.25, -0.2) is 4.79 Å². The molecule has 0 unspecified atom stereocenters.